The summed E-state index contributed by atoms with van der Waals surface area (Å²) in [6.07, 6.45) is 1.80. The highest BCUT2D eigenvalue weighted by molar-refractivity contribution is 7.08. The molecule has 3 heterocycles. The van der Waals surface area contributed by atoms with Crippen molar-refractivity contribution in [2.75, 3.05) is 18.0 Å². The third-order valence-corrected chi connectivity index (χ3v) is 5.72. The van der Waals surface area contributed by atoms with Gasteiger partial charge in [-0.2, -0.15) is 11.3 Å². The van der Waals surface area contributed by atoms with Crippen molar-refractivity contribution in [3.63, 3.8) is 0 Å². The number of aromatic nitrogens is 2. The number of rotatable bonds is 3. The van der Waals surface area contributed by atoms with Crippen molar-refractivity contribution in [3.8, 4) is 11.4 Å². The van der Waals surface area contributed by atoms with Gasteiger partial charge in [0.15, 0.2) is 5.82 Å². The second-order valence-electron chi connectivity index (χ2n) is 6.09. The molecule has 25 heavy (non-hydrogen) atoms. The lowest BCUT2D eigenvalue weighted by molar-refractivity contribution is 0.653. The van der Waals surface area contributed by atoms with E-state index in [-0.39, 0.29) is 12.0 Å². The van der Waals surface area contributed by atoms with Crippen molar-refractivity contribution in [3.05, 3.63) is 62.9 Å². The molecule has 0 aliphatic carbocycles. The van der Waals surface area contributed by atoms with E-state index in [1.54, 1.807) is 23.6 Å². The lowest BCUT2D eigenvalue weighted by atomic mass is 9.95. The van der Waals surface area contributed by atoms with E-state index >= 15 is 0 Å². The fraction of sp³-hybridized carbons (Fsp3) is 0.222. The van der Waals surface area contributed by atoms with Crippen LogP contribution in [0.1, 0.15) is 11.5 Å². The van der Waals surface area contributed by atoms with E-state index in [0.29, 0.717) is 10.0 Å². The minimum atomic E-state index is -0.0155. The highest BCUT2D eigenvalue weighted by Crippen LogP contribution is 2.35. The molecule has 0 saturated carbocycles. The molecule has 0 amide bonds. The molecule has 0 spiro atoms. The molecule has 3 aromatic rings. The quantitative estimate of drug-likeness (QED) is 0.717. The first kappa shape index (κ1) is 16.8. The molecule has 1 saturated heterocycles. The Morgan fingerprint density at radius 2 is 2.04 bits per heavy atom. The maximum absolute atomic E-state index is 6.40. The largest absolute Gasteiger partial charge is 0.354 e. The van der Waals surface area contributed by atoms with Gasteiger partial charge in [0.05, 0.1) is 0 Å². The average Bonchev–Trinajstić information content (AvgIpc) is 3.25. The summed E-state index contributed by atoms with van der Waals surface area (Å²) < 4.78 is 0. The standard InChI is InChI=1S/C18H16Cl2N4S/c19-12-1-2-13(15(20)7-12)14-8-24(9-16(14)21)17-3-5-22-18(23-17)11-4-6-25-10-11/h1-7,10,14,16H,8-9,21H2/t14-,16+/m1/s1. The highest BCUT2D eigenvalue weighted by atomic mass is 35.5. The van der Waals surface area contributed by atoms with Gasteiger partial charge in [-0.05, 0) is 35.2 Å². The predicted octanol–water partition coefficient (Wildman–Crippen LogP) is 4.44. The number of nitrogens with zero attached hydrogens (tertiary/aromatic N) is 3. The van der Waals surface area contributed by atoms with Crippen molar-refractivity contribution < 1.29 is 0 Å². The summed E-state index contributed by atoms with van der Waals surface area (Å²) >= 11 is 14.0. The number of anilines is 1. The SMILES string of the molecule is N[C@H]1CN(c2ccnc(-c3ccsc3)n2)C[C@@H]1c1ccc(Cl)cc1Cl. The zero-order valence-electron chi connectivity index (χ0n) is 13.3. The van der Waals surface area contributed by atoms with Gasteiger partial charge in [-0.1, -0.05) is 29.3 Å². The Morgan fingerprint density at radius 1 is 1.16 bits per heavy atom. The van der Waals surface area contributed by atoms with Gasteiger partial charge in [0.25, 0.3) is 0 Å². The summed E-state index contributed by atoms with van der Waals surface area (Å²) in [6, 6.07) is 9.53. The van der Waals surface area contributed by atoms with Gasteiger partial charge in [0.1, 0.15) is 5.82 Å². The van der Waals surface area contributed by atoms with Crippen molar-refractivity contribution >= 4 is 40.4 Å². The molecule has 1 aliphatic rings. The summed E-state index contributed by atoms with van der Waals surface area (Å²) in [5.41, 5.74) is 8.47. The molecular weight excluding hydrogens is 375 g/mol. The molecule has 0 bridgehead atoms. The maximum Gasteiger partial charge on any atom is 0.162 e. The number of halogens is 2. The van der Waals surface area contributed by atoms with E-state index in [4.69, 9.17) is 33.9 Å². The summed E-state index contributed by atoms with van der Waals surface area (Å²) in [5, 5.41) is 5.37. The molecule has 2 N–H and O–H groups in total. The van der Waals surface area contributed by atoms with Crippen LogP contribution >= 0.6 is 34.5 Å². The van der Waals surface area contributed by atoms with Crippen LogP contribution in [0.15, 0.2) is 47.3 Å². The first-order valence-corrected chi connectivity index (χ1v) is 9.63. The average molecular weight is 391 g/mol. The van der Waals surface area contributed by atoms with Crippen LogP contribution in [0, 0.1) is 0 Å². The van der Waals surface area contributed by atoms with Gasteiger partial charge in [0, 0.05) is 52.2 Å². The van der Waals surface area contributed by atoms with Crippen LogP contribution in [-0.4, -0.2) is 29.1 Å². The molecule has 0 unspecified atom stereocenters. The number of nitrogens with two attached hydrogens (primary N) is 1. The Labute approximate surface area is 160 Å². The maximum atomic E-state index is 6.40. The number of hydrogen-bond donors (Lipinski definition) is 1. The van der Waals surface area contributed by atoms with E-state index < -0.39 is 0 Å². The number of thiophene rings is 1. The van der Waals surface area contributed by atoms with Crippen molar-refractivity contribution in [1.82, 2.24) is 9.97 Å². The summed E-state index contributed by atoms with van der Waals surface area (Å²) in [6.45, 7) is 1.49. The minimum Gasteiger partial charge on any atom is -0.354 e. The van der Waals surface area contributed by atoms with E-state index in [2.05, 4.69) is 9.88 Å². The monoisotopic (exact) mass is 390 g/mol. The Morgan fingerprint density at radius 3 is 2.80 bits per heavy atom. The third kappa shape index (κ3) is 3.37. The molecular formula is C18H16Cl2N4S. The predicted molar refractivity (Wildman–Crippen MR) is 105 cm³/mol. The van der Waals surface area contributed by atoms with Crippen molar-refractivity contribution in [1.29, 1.82) is 0 Å². The van der Waals surface area contributed by atoms with Crippen LogP contribution in [-0.2, 0) is 0 Å². The van der Waals surface area contributed by atoms with Crippen LogP contribution in [0.2, 0.25) is 10.0 Å². The zero-order chi connectivity index (χ0) is 17.4. The summed E-state index contributed by atoms with van der Waals surface area (Å²) in [7, 11) is 0. The van der Waals surface area contributed by atoms with Crippen LogP contribution in [0.5, 0.6) is 0 Å². The molecule has 1 aliphatic heterocycles. The number of hydrogen-bond acceptors (Lipinski definition) is 5. The molecule has 1 aromatic carbocycles. The highest BCUT2D eigenvalue weighted by Gasteiger charge is 2.33. The fourth-order valence-electron chi connectivity index (χ4n) is 3.20. The molecule has 4 rings (SSSR count). The normalized spacial score (nSPS) is 20.2. The van der Waals surface area contributed by atoms with Gasteiger partial charge >= 0.3 is 0 Å². The molecule has 2 aromatic heterocycles. The molecule has 4 nitrogen and oxygen atoms in total. The third-order valence-electron chi connectivity index (χ3n) is 4.47. The fourth-order valence-corrected chi connectivity index (χ4v) is 4.39. The van der Waals surface area contributed by atoms with E-state index in [1.807, 2.05) is 35.0 Å². The van der Waals surface area contributed by atoms with E-state index in [0.717, 1.165) is 35.9 Å². The van der Waals surface area contributed by atoms with Gasteiger partial charge in [-0.3, -0.25) is 0 Å². The van der Waals surface area contributed by atoms with E-state index in [1.165, 1.54) is 0 Å². The lowest BCUT2D eigenvalue weighted by Crippen LogP contribution is -2.29. The van der Waals surface area contributed by atoms with Crippen LogP contribution in [0.3, 0.4) is 0 Å². The van der Waals surface area contributed by atoms with Gasteiger partial charge in [0.2, 0.25) is 0 Å². The van der Waals surface area contributed by atoms with Crippen LogP contribution in [0.4, 0.5) is 5.82 Å². The molecule has 1 fully saturated rings. The second-order valence-corrected chi connectivity index (χ2v) is 7.72. The first-order chi connectivity index (χ1) is 12.1. The number of benzene rings is 1. The minimum absolute atomic E-state index is 0.0155. The van der Waals surface area contributed by atoms with Crippen LogP contribution in [0.25, 0.3) is 11.4 Å². The van der Waals surface area contributed by atoms with Gasteiger partial charge in [-0.15, -0.1) is 0 Å². The second kappa shape index (κ2) is 6.92. The Hall–Kier alpha value is -1.66. The van der Waals surface area contributed by atoms with Gasteiger partial charge in [-0.25, -0.2) is 9.97 Å². The van der Waals surface area contributed by atoms with E-state index in [9.17, 15) is 0 Å². The zero-order valence-corrected chi connectivity index (χ0v) is 15.6. The summed E-state index contributed by atoms with van der Waals surface area (Å²) in [4.78, 5) is 11.3. The molecule has 0 radical (unpaired) electrons. The topological polar surface area (TPSA) is 55.0 Å². The molecule has 2 atom stereocenters. The molecule has 7 heteroatoms. The molecule has 128 valence electrons. The summed E-state index contributed by atoms with van der Waals surface area (Å²) in [5.74, 6) is 1.77. The Bertz CT molecular complexity index is 885. The van der Waals surface area contributed by atoms with Gasteiger partial charge < -0.3 is 10.6 Å². The Balaban J connectivity index is 1.60. The van der Waals surface area contributed by atoms with Crippen molar-refractivity contribution in [2.45, 2.75) is 12.0 Å². The Kier molecular flexibility index (Phi) is 4.65. The lowest BCUT2D eigenvalue weighted by Gasteiger charge is -2.18. The smallest absolute Gasteiger partial charge is 0.162 e. The first-order valence-electron chi connectivity index (χ1n) is 7.93. The van der Waals surface area contributed by atoms with Crippen molar-refractivity contribution in [2.24, 2.45) is 5.73 Å². The van der Waals surface area contributed by atoms with Crippen LogP contribution < -0.4 is 10.6 Å².